The Bertz CT molecular complexity index is 1350. The number of nitrogens with zero attached hydrogens (tertiary/aromatic N) is 4. The lowest BCUT2D eigenvalue weighted by atomic mass is 10.0. The summed E-state index contributed by atoms with van der Waals surface area (Å²) in [6.45, 7) is 8.06. The molecule has 1 fully saturated rings. The first-order valence-corrected chi connectivity index (χ1v) is 13.5. The molecule has 3 aliphatic rings. The van der Waals surface area contributed by atoms with Crippen molar-refractivity contribution in [3.8, 4) is 17.1 Å². The molecule has 0 spiro atoms. The van der Waals surface area contributed by atoms with Gasteiger partial charge in [-0.3, -0.25) is 9.78 Å². The van der Waals surface area contributed by atoms with Gasteiger partial charge in [-0.2, -0.15) is 0 Å². The van der Waals surface area contributed by atoms with E-state index in [1.54, 1.807) is 20.0 Å². The van der Waals surface area contributed by atoms with Gasteiger partial charge in [0.1, 0.15) is 17.0 Å². The average Bonchev–Trinajstić information content (AvgIpc) is 3.25. The van der Waals surface area contributed by atoms with E-state index in [2.05, 4.69) is 15.2 Å². The maximum atomic E-state index is 12.9. The summed E-state index contributed by atoms with van der Waals surface area (Å²) in [4.78, 5) is 28.4. The van der Waals surface area contributed by atoms with Gasteiger partial charge in [0.05, 0.1) is 48.4 Å². The number of fused-ring (bicyclic) bond motifs is 4. The van der Waals surface area contributed by atoms with E-state index < -0.39 is 14.6 Å². The van der Waals surface area contributed by atoms with Crippen molar-refractivity contribution < 1.29 is 22.7 Å². The summed E-state index contributed by atoms with van der Waals surface area (Å²) in [7, 11) is -3.58. The third kappa shape index (κ3) is 3.86. The molecule has 0 saturated carbocycles. The maximum Gasteiger partial charge on any atom is 0.221 e. The number of amides is 1. The van der Waals surface area contributed by atoms with Crippen LogP contribution in [0.4, 0.5) is 11.5 Å². The molecule has 5 rings (SSSR count). The molecule has 2 aromatic rings. The number of hydrogen-bond donors (Lipinski definition) is 1. The molecule has 1 N–H and O–H groups in total. The third-order valence-corrected chi connectivity index (χ3v) is 8.92. The number of carbonyl (C=O) groups excluding carboxylic acids is 1. The highest BCUT2D eigenvalue weighted by atomic mass is 32.2. The van der Waals surface area contributed by atoms with Gasteiger partial charge in [0.2, 0.25) is 5.91 Å². The van der Waals surface area contributed by atoms with Crippen molar-refractivity contribution in [1.82, 2.24) is 15.0 Å². The zero-order valence-corrected chi connectivity index (χ0v) is 21.3. The first-order valence-electron chi connectivity index (χ1n) is 11.6. The molecule has 4 heterocycles. The second kappa shape index (κ2) is 8.27. The van der Waals surface area contributed by atoms with E-state index in [4.69, 9.17) is 19.4 Å². The molecule has 1 amide bonds. The second-order valence-corrected chi connectivity index (χ2v) is 12.3. The smallest absolute Gasteiger partial charge is 0.221 e. The monoisotopic (exact) mass is 499 g/mol. The third-order valence-electron chi connectivity index (χ3n) is 6.88. The van der Waals surface area contributed by atoms with Crippen LogP contribution in [0.15, 0.2) is 12.3 Å². The lowest BCUT2D eigenvalue weighted by Gasteiger charge is -2.45. The molecule has 35 heavy (non-hydrogen) atoms. The van der Waals surface area contributed by atoms with E-state index in [0.29, 0.717) is 60.6 Å². The van der Waals surface area contributed by atoms with Crippen molar-refractivity contribution in [2.75, 3.05) is 36.3 Å². The highest BCUT2D eigenvalue weighted by molar-refractivity contribution is 7.91. The van der Waals surface area contributed by atoms with Gasteiger partial charge >= 0.3 is 0 Å². The number of morpholine rings is 1. The van der Waals surface area contributed by atoms with Gasteiger partial charge in [0, 0.05) is 25.2 Å². The number of nitrogens with one attached hydrogen (secondary N) is 1. The number of aromatic nitrogens is 3. The predicted octanol–water partition coefficient (Wildman–Crippen LogP) is 2.33. The van der Waals surface area contributed by atoms with Gasteiger partial charge in [0.25, 0.3) is 0 Å². The Morgan fingerprint density at radius 3 is 2.71 bits per heavy atom. The van der Waals surface area contributed by atoms with Crippen LogP contribution in [0.5, 0.6) is 5.75 Å². The zero-order chi connectivity index (χ0) is 25.1. The second-order valence-electron chi connectivity index (χ2n) is 9.78. The predicted molar refractivity (Wildman–Crippen MR) is 132 cm³/mol. The number of anilines is 2. The van der Waals surface area contributed by atoms with Crippen LogP contribution in [-0.4, -0.2) is 67.4 Å². The van der Waals surface area contributed by atoms with Gasteiger partial charge in [-0.1, -0.05) is 12.2 Å². The number of sulfone groups is 1. The first-order chi connectivity index (χ1) is 16.5. The molecule has 0 bridgehead atoms. The Hall–Kier alpha value is -3.05. The van der Waals surface area contributed by atoms with E-state index in [0.717, 1.165) is 11.3 Å². The molecule has 10 nitrogen and oxygen atoms in total. The Morgan fingerprint density at radius 1 is 1.23 bits per heavy atom. The molecule has 186 valence electrons. The van der Waals surface area contributed by atoms with E-state index >= 15 is 0 Å². The van der Waals surface area contributed by atoms with Crippen LogP contribution in [0.1, 0.15) is 44.6 Å². The van der Waals surface area contributed by atoms with Crippen molar-refractivity contribution in [2.45, 2.75) is 50.9 Å². The molecule has 0 aromatic carbocycles. The van der Waals surface area contributed by atoms with Crippen LogP contribution < -0.4 is 15.0 Å². The summed E-state index contributed by atoms with van der Waals surface area (Å²) in [6, 6.07) is -0.0488. The fraction of sp³-hybridized carbons (Fsp3) is 0.500. The number of hydrogen-bond acceptors (Lipinski definition) is 9. The van der Waals surface area contributed by atoms with Gasteiger partial charge in [-0.05, 0) is 20.8 Å². The van der Waals surface area contributed by atoms with E-state index in [-0.39, 0.29) is 18.0 Å². The molecule has 0 unspecified atom stereocenters. The summed E-state index contributed by atoms with van der Waals surface area (Å²) in [6.07, 6.45) is 7.37. The largest absolute Gasteiger partial charge is 0.486 e. The van der Waals surface area contributed by atoms with E-state index in [9.17, 15) is 13.2 Å². The van der Waals surface area contributed by atoms with Gasteiger partial charge in [-0.25, -0.2) is 18.4 Å². The van der Waals surface area contributed by atoms with Crippen molar-refractivity contribution in [3.05, 3.63) is 29.2 Å². The van der Waals surface area contributed by atoms with Crippen molar-refractivity contribution in [1.29, 1.82) is 0 Å². The fourth-order valence-corrected chi connectivity index (χ4v) is 5.24. The highest BCUT2D eigenvalue weighted by Gasteiger charge is 2.44. The minimum atomic E-state index is -3.58. The normalized spacial score (nSPS) is 21.1. The molecular formula is C24H29N5O5S. The fourth-order valence-electron chi connectivity index (χ4n) is 4.75. The van der Waals surface area contributed by atoms with E-state index in [1.807, 2.05) is 19.1 Å². The van der Waals surface area contributed by atoms with Gasteiger partial charge < -0.3 is 19.7 Å². The van der Waals surface area contributed by atoms with Crippen LogP contribution >= 0.6 is 0 Å². The van der Waals surface area contributed by atoms with Crippen LogP contribution in [0.25, 0.3) is 17.5 Å². The van der Waals surface area contributed by atoms with Crippen molar-refractivity contribution in [2.24, 2.45) is 0 Å². The van der Waals surface area contributed by atoms with Gasteiger partial charge in [0.15, 0.2) is 27.2 Å². The van der Waals surface area contributed by atoms with Gasteiger partial charge in [-0.15, -0.1) is 0 Å². The number of allylic oxidation sites excluding steroid dienone is 1. The van der Waals surface area contributed by atoms with Crippen LogP contribution in [0, 0.1) is 0 Å². The van der Waals surface area contributed by atoms with Crippen LogP contribution in [0.3, 0.4) is 0 Å². The van der Waals surface area contributed by atoms with Crippen molar-refractivity contribution in [3.63, 3.8) is 0 Å². The lowest BCUT2D eigenvalue weighted by molar-refractivity contribution is -0.114. The lowest BCUT2D eigenvalue weighted by Crippen LogP contribution is -2.56. The molecule has 11 heteroatoms. The molecule has 2 aliphatic heterocycles. The van der Waals surface area contributed by atoms with Crippen molar-refractivity contribution >= 4 is 33.3 Å². The summed E-state index contributed by atoms with van der Waals surface area (Å²) in [5, 5.41) is 2.84. The van der Waals surface area contributed by atoms with Crippen LogP contribution in [-0.2, 0) is 30.5 Å². The number of ether oxygens (including phenoxy) is 2. The average molecular weight is 500 g/mol. The number of pyridine rings is 1. The summed E-state index contributed by atoms with van der Waals surface area (Å²) >= 11 is 0. The molecular weight excluding hydrogens is 470 g/mol. The number of rotatable bonds is 4. The Kier molecular flexibility index (Phi) is 5.59. The first kappa shape index (κ1) is 23.7. The Labute approximate surface area is 204 Å². The molecule has 1 saturated heterocycles. The molecule has 1 aliphatic carbocycles. The maximum absolute atomic E-state index is 12.9. The quantitative estimate of drug-likeness (QED) is 0.675. The Balaban J connectivity index is 1.82. The summed E-state index contributed by atoms with van der Waals surface area (Å²) in [5.41, 5.74) is 3.01. The van der Waals surface area contributed by atoms with Crippen LogP contribution in [0.2, 0.25) is 0 Å². The summed E-state index contributed by atoms with van der Waals surface area (Å²) in [5.74, 6) is 0.966. The highest BCUT2D eigenvalue weighted by Crippen LogP contribution is 2.46. The molecule has 2 aromatic heterocycles. The topological polar surface area (TPSA) is 124 Å². The minimum absolute atomic E-state index is 0.00575. The number of carbonyl (C=O) groups is 1. The SMILES string of the molecule is CC(=O)Nc1cnc2c(c1-c1nc3c(c(C(C)(C)S(C)(=O)=O)n1)OC[C@@H]1COC[C@@H](C)N31)C=CC2. The Morgan fingerprint density at radius 2 is 2.00 bits per heavy atom. The minimum Gasteiger partial charge on any atom is -0.486 e. The summed E-state index contributed by atoms with van der Waals surface area (Å²) < 4.78 is 36.3. The zero-order valence-electron chi connectivity index (χ0n) is 20.5. The molecule has 2 atom stereocenters. The van der Waals surface area contributed by atoms with E-state index in [1.165, 1.54) is 13.2 Å². The molecule has 0 radical (unpaired) electrons. The standard InChI is InChI=1S/C24H29N5O5S/c1-13-10-33-11-15-12-34-20-21(24(3,4)35(5,31)32)27-22(28-23(20)29(13)15)19-16-7-6-8-17(16)25-9-18(19)26-14(2)30/h6-7,9,13,15H,8,10-12H2,1-5H3,(H,26,30)/t13-,15+/m1/s1.